The molecule has 0 aliphatic heterocycles. The first-order valence-electron chi connectivity index (χ1n) is 5.74. The van der Waals surface area contributed by atoms with Gasteiger partial charge in [0.1, 0.15) is 11.9 Å². The summed E-state index contributed by atoms with van der Waals surface area (Å²) in [7, 11) is 1.45. The molecule has 0 aliphatic rings. The molecule has 0 atom stereocenters. The van der Waals surface area contributed by atoms with Crippen molar-refractivity contribution in [2.75, 3.05) is 0 Å². The van der Waals surface area contributed by atoms with Crippen LogP contribution in [0.3, 0.4) is 0 Å². The van der Waals surface area contributed by atoms with Gasteiger partial charge in [-0.3, -0.25) is 0 Å². The average Bonchev–Trinajstić information content (AvgIpc) is 2.77. The summed E-state index contributed by atoms with van der Waals surface area (Å²) in [5.74, 6) is 0.316. The number of rotatable bonds is 4. The molecule has 2 rings (SSSR count). The third kappa shape index (κ3) is 3.30. The predicted octanol–water partition coefficient (Wildman–Crippen LogP) is 2.93. The molecule has 1 heterocycles. The monoisotopic (exact) mass is 301 g/mol. The Morgan fingerprint density at radius 2 is 1.95 bits per heavy atom. The van der Waals surface area contributed by atoms with Gasteiger partial charge in [0.2, 0.25) is 5.82 Å². The summed E-state index contributed by atoms with van der Waals surface area (Å²) in [4.78, 5) is 13.9. The molecule has 0 bridgehead atoms. The predicted molar refractivity (Wildman–Crippen MR) is 65.6 cm³/mol. The molecule has 0 spiro atoms. The lowest BCUT2D eigenvalue weighted by Gasteiger charge is -2.08. The summed E-state index contributed by atoms with van der Waals surface area (Å²) in [6.07, 6.45) is -3.32. The first-order chi connectivity index (χ1) is 9.79. The summed E-state index contributed by atoms with van der Waals surface area (Å²) in [5.41, 5.74) is -0.775. The molecule has 0 fully saturated rings. The van der Waals surface area contributed by atoms with E-state index < -0.39 is 16.7 Å². The van der Waals surface area contributed by atoms with Crippen LogP contribution in [0.25, 0.3) is 0 Å². The highest BCUT2D eigenvalue weighted by atomic mass is 19.4. The van der Waals surface area contributed by atoms with Crippen LogP contribution in [-0.2, 0) is 19.8 Å². The highest BCUT2D eigenvalue weighted by Crippen LogP contribution is 2.30. The Hall–Kier alpha value is -2.58. The average molecular weight is 301 g/mol. The Labute approximate surface area is 116 Å². The van der Waals surface area contributed by atoms with Crippen molar-refractivity contribution in [1.29, 1.82) is 0 Å². The fraction of sp³-hybridized carbons (Fsp3) is 0.250. The van der Waals surface area contributed by atoms with Gasteiger partial charge < -0.3 is 14.9 Å². The SMILES string of the molecule is Cn1c([N+](=O)[O-])cnc1COc1ccc(C(F)(F)F)cc1. The molecule has 0 unspecified atom stereocenters. The second-order valence-corrected chi connectivity index (χ2v) is 4.16. The fourth-order valence-electron chi connectivity index (χ4n) is 1.63. The van der Waals surface area contributed by atoms with Crippen molar-refractivity contribution in [3.63, 3.8) is 0 Å². The van der Waals surface area contributed by atoms with Gasteiger partial charge in [-0.1, -0.05) is 0 Å². The zero-order valence-electron chi connectivity index (χ0n) is 10.8. The van der Waals surface area contributed by atoms with Gasteiger partial charge in [0.25, 0.3) is 0 Å². The van der Waals surface area contributed by atoms with Crippen LogP contribution in [0.1, 0.15) is 11.4 Å². The number of benzene rings is 1. The van der Waals surface area contributed by atoms with E-state index in [-0.39, 0.29) is 18.2 Å². The van der Waals surface area contributed by atoms with Crippen molar-refractivity contribution in [2.24, 2.45) is 7.05 Å². The van der Waals surface area contributed by atoms with E-state index in [9.17, 15) is 23.3 Å². The molecular weight excluding hydrogens is 291 g/mol. The van der Waals surface area contributed by atoms with E-state index >= 15 is 0 Å². The van der Waals surface area contributed by atoms with Crippen LogP contribution in [0.2, 0.25) is 0 Å². The second kappa shape index (κ2) is 5.43. The summed E-state index contributed by atoms with van der Waals surface area (Å²) in [6, 6.07) is 4.16. The maximum Gasteiger partial charge on any atom is 0.416 e. The first kappa shape index (κ1) is 14.8. The molecule has 9 heteroatoms. The molecule has 0 amide bonds. The minimum atomic E-state index is -4.40. The zero-order chi connectivity index (χ0) is 15.6. The van der Waals surface area contributed by atoms with Crippen molar-refractivity contribution in [3.8, 4) is 5.75 Å². The third-order valence-corrected chi connectivity index (χ3v) is 2.80. The van der Waals surface area contributed by atoms with Crippen molar-refractivity contribution < 1.29 is 22.8 Å². The Bertz CT molecular complexity index is 650. The normalized spacial score (nSPS) is 11.4. The largest absolute Gasteiger partial charge is 0.483 e. The number of imidazole rings is 1. The molecule has 1 aromatic carbocycles. The van der Waals surface area contributed by atoms with Crippen LogP contribution in [0.5, 0.6) is 5.75 Å². The maximum atomic E-state index is 12.4. The van der Waals surface area contributed by atoms with Crippen LogP contribution in [0.15, 0.2) is 30.5 Å². The van der Waals surface area contributed by atoms with Crippen molar-refractivity contribution in [2.45, 2.75) is 12.8 Å². The van der Waals surface area contributed by atoms with Gasteiger partial charge in [-0.2, -0.15) is 13.2 Å². The quantitative estimate of drug-likeness (QED) is 0.643. The minimum absolute atomic E-state index is 0.0876. The van der Waals surface area contributed by atoms with E-state index in [0.29, 0.717) is 5.82 Å². The second-order valence-electron chi connectivity index (χ2n) is 4.16. The number of aromatic nitrogens is 2. The highest BCUT2D eigenvalue weighted by Gasteiger charge is 2.30. The Morgan fingerprint density at radius 3 is 2.43 bits per heavy atom. The van der Waals surface area contributed by atoms with Gasteiger partial charge in [-0.05, 0) is 29.2 Å². The number of alkyl halides is 3. The highest BCUT2D eigenvalue weighted by molar-refractivity contribution is 5.29. The summed E-state index contributed by atoms with van der Waals surface area (Å²) < 4.78 is 43.7. The molecule has 0 saturated heterocycles. The summed E-state index contributed by atoms with van der Waals surface area (Å²) >= 11 is 0. The molecule has 21 heavy (non-hydrogen) atoms. The topological polar surface area (TPSA) is 70.2 Å². The first-order valence-corrected chi connectivity index (χ1v) is 5.74. The van der Waals surface area contributed by atoms with E-state index in [0.717, 1.165) is 18.3 Å². The van der Waals surface area contributed by atoms with E-state index in [1.165, 1.54) is 23.7 Å². The van der Waals surface area contributed by atoms with Crippen LogP contribution >= 0.6 is 0 Å². The molecule has 0 radical (unpaired) electrons. The molecular formula is C12H10F3N3O3. The van der Waals surface area contributed by atoms with Gasteiger partial charge in [-0.15, -0.1) is 0 Å². The Balaban J connectivity index is 2.05. The number of halogens is 3. The zero-order valence-corrected chi connectivity index (χ0v) is 10.8. The standard InChI is InChI=1S/C12H10F3N3O3/c1-17-10(16-6-11(17)18(19)20)7-21-9-4-2-8(3-5-9)12(13,14)15/h2-6H,7H2,1H3. The maximum absolute atomic E-state index is 12.4. The lowest BCUT2D eigenvalue weighted by atomic mass is 10.2. The van der Waals surface area contributed by atoms with Crippen molar-refractivity contribution >= 4 is 5.82 Å². The molecule has 0 saturated carbocycles. The van der Waals surface area contributed by atoms with Gasteiger partial charge in [-0.25, -0.2) is 9.55 Å². The Kier molecular flexibility index (Phi) is 3.83. The van der Waals surface area contributed by atoms with Gasteiger partial charge in [0.05, 0.1) is 12.6 Å². The van der Waals surface area contributed by atoms with Crippen LogP contribution in [0, 0.1) is 10.1 Å². The fourth-order valence-corrected chi connectivity index (χ4v) is 1.63. The lowest BCUT2D eigenvalue weighted by molar-refractivity contribution is -0.391. The van der Waals surface area contributed by atoms with Gasteiger partial charge >= 0.3 is 12.0 Å². The van der Waals surface area contributed by atoms with Crippen molar-refractivity contribution in [1.82, 2.24) is 9.55 Å². The molecule has 0 aliphatic carbocycles. The smallest absolute Gasteiger partial charge is 0.416 e. The van der Waals surface area contributed by atoms with Crippen LogP contribution in [-0.4, -0.2) is 14.5 Å². The number of ether oxygens (including phenoxy) is 1. The molecule has 6 nitrogen and oxygen atoms in total. The summed E-state index contributed by atoms with van der Waals surface area (Å²) in [6.45, 7) is -0.0876. The van der Waals surface area contributed by atoms with E-state index in [1.54, 1.807) is 0 Å². The minimum Gasteiger partial charge on any atom is -0.483 e. The molecule has 112 valence electrons. The number of nitrogens with zero attached hydrogens (tertiary/aromatic N) is 3. The van der Waals surface area contributed by atoms with E-state index in [2.05, 4.69) is 4.98 Å². The van der Waals surface area contributed by atoms with Gasteiger partial charge in [0, 0.05) is 0 Å². The number of nitro groups is 1. The Morgan fingerprint density at radius 1 is 1.33 bits per heavy atom. The molecule has 2 aromatic rings. The van der Waals surface area contributed by atoms with E-state index in [1.807, 2.05) is 0 Å². The van der Waals surface area contributed by atoms with Crippen LogP contribution < -0.4 is 4.74 Å². The molecule has 1 aromatic heterocycles. The third-order valence-electron chi connectivity index (χ3n) is 2.80. The van der Waals surface area contributed by atoms with Crippen molar-refractivity contribution in [3.05, 3.63) is 52.0 Å². The lowest BCUT2D eigenvalue weighted by Crippen LogP contribution is -2.06. The summed E-state index contributed by atoms with van der Waals surface area (Å²) in [5, 5.41) is 10.6. The molecule has 0 N–H and O–H groups in total. The number of hydrogen-bond acceptors (Lipinski definition) is 4. The van der Waals surface area contributed by atoms with E-state index in [4.69, 9.17) is 4.74 Å². The van der Waals surface area contributed by atoms with Gasteiger partial charge in [0.15, 0.2) is 6.61 Å². The van der Waals surface area contributed by atoms with Crippen LogP contribution in [0.4, 0.5) is 19.0 Å². The number of hydrogen-bond donors (Lipinski definition) is 0.